The number of hydrogen-bond acceptors (Lipinski definition) is 0. The van der Waals surface area contributed by atoms with Crippen LogP contribution in [0.1, 0.15) is 39.5 Å². The van der Waals surface area contributed by atoms with Crippen molar-refractivity contribution < 1.29 is 33.8 Å². The molecule has 0 N–H and O–H groups in total. The zero-order valence-electron chi connectivity index (χ0n) is 12.1. The Kier molecular flexibility index (Phi) is 8.16. The first-order valence-electron chi connectivity index (χ1n) is 7.44. The summed E-state index contributed by atoms with van der Waals surface area (Å²) in [6.45, 7) is 16.4. The predicted octanol–water partition coefficient (Wildman–Crippen LogP) is -3.74. The highest BCUT2D eigenvalue weighted by atomic mass is 35.5. The van der Waals surface area contributed by atoms with E-state index in [2.05, 4.69) is 13.8 Å². The van der Waals surface area contributed by atoms with Crippen LogP contribution >= 0.6 is 0 Å². The molecule has 2 bridgehead atoms. The molecule has 0 atom stereocenters. The number of nitrogens with zero attached hydrogens (tertiary/aromatic N) is 2. The molecule has 0 spiro atoms. The number of hydrogen-bond donors (Lipinski definition) is 0. The lowest BCUT2D eigenvalue weighted by Gasteiger charge is -2.55. The molecule has 0 aromatic heterocycles. The van der Waals surface area contributed by atoms with Crippen molar-refractivity contribution in [2.75, 3.05) is 52.4 Å². The molecule has 3 saturated heterocycles. The van der Waals surface area contributed by atoms with E-state index in [9.17, 15) is 0 Å². The van der Waals surface area contributed by atoms with Gasteiger partial charge in [-0.2, -0.15) is 0 Å². The molecule has 0 amide bonds. The maximum Gasteiger partial charge on any atom is 0.129 e. The molecular weight excluding hydrogens is 267 g/mol. The number of halogens is 2. The average Bonchev–Trinajstić information content (AvgIpc) is 2.37. The van der Waals surface area contributed by atoms with Gasteiger partial charge in [-0.1, -0.05) is 26.7 Å². The van der Waals surface area contributed by atoms with Crippen LogP contribution in [0.25, 0.3) is 0 Å². The SMILES string of the molecule is CCCC[N+]12CC[N+](CCCC)(CC1)CC2.[Cl-].[Cl-]. The summed E-state index contributed by atoms with van der Waals surface area (Å²) in [4.78, 5) is 0. The number of unbranched alkanes of at least 4 members (excludes halogenated alkanes) is 2. The molecule has 3 aliphatic rings. The fourth-order valence-electron chi connectivity index (χ4n) is 3.60. The summed E-state index contributed by atoms with van der Waals surface area (Å²) in [7, 11) is 0. The van der Waals surface area contributed by atoms with E-state index in [1.165, 1.54) is 87.0 Å². The molecule has 4 heteroatoms. The smallest absolute Gasteiger partial charge is 0.129 e. The third-order valence-electron chi connectivity index (χ3n) is 5.12. The second kappa shape index (κ2) is 7.94. The highest BCUT2D eigenvalue weighted by molar-refractivity contribution is 4.62. The van der Waals surface area contributed by atoms with E-state index in [-0.39, 0.29) is 24.8 Å². The molecule has 3 rings (SSSR count). The van der Waals surface area contributed by atoms with Crippen LogP contribution in [0.3, 0.4) is 0 Å². The summed E-state index contributed by atoms with van der Waals surface area (Å²) in [6.07, 6.45) is 5.62. The zero-order valence-corrected chi connectivity index (χ0v) is 13.6. The topological polar surface area (TPSA) is 0 Å². The van der Waals surface area contributed by atoms with Gasteiger partial charge in [0.2, 0.25) is 0 Å². The minimum absolute atomic E-state index is 0. The number of rotatable bonds is 6. The number of quaternary nitrogens is 2. The van der Waals surface area contributed by atoms with Crippen molar-refractivity contribution in [1.82, 2.24) is 0 Å². The average molecular weight is 297 g/mol. The molecule has 0 unspecified atom stereocenters. The van der Waals surface area contributed by atoms with Crippen LogP contribution < -0.4 is 24.8 Å². The van der Waals surface area contributed by atoms with Crippen molar-refractivity contribution in [3.63, 3.8) is 0 Å². The van der Waals surface area contributed by atoms with Crippen molar-refractivity contribution >= 4 is 0 Å². The van der Waals surface area contributed by atoms with Crippen LogP contribution in [0.2, 0.25) is 0 Å². The largest absolute Gasteiger partial charge is 1.00 e. The van der Waals surface area contributed by atoms with E-state index in [0.29, 0.717) is 0 Å². The third-order valence-corrected chi connectivity index (χ3v) is 5.12. The molecule has 0 aliphatic carbocycles. The third kappa shape index (κ3) is 4.00. The quantitative estimate of drug-likeness (QED) is 0.442. The Morgan fingerprint density at radius 2 is 0.889 bits per heavy atom. The molecule has 0 aromatic rings. The molecular formula is C14H30Cl2N2. The standard InChI is InChI=1S/C14H30N2.2ClH/c1-3-5-7-15-9-12-16(13-10-15,14-11-15)8-6-4-2;;/h3-14H2,1-2H3;2*1H/q+2;;/p-2. The summed E-state index contributed by atoms with van der Waals surface area (Å²) in [5.74, 6) is 0. The Bertz CT molecular complexity index is 185. The molecule has 3 fully saturated rings. The van der Waals surface area contributed by atoms with E-state index in [4.69, 9.17) is 0 Å². The molecule has 0 saturated carbocycles. The zero-order chi connectivity index (χ0) is 11.5. The van der Waals surface area contributed by atoms with Crippen LogP contribution in [0.15, 0.2) is 0 Å². The van der Waals surface area contributed by atoms with Gasteiger partial charge in [0.1, 0.15) is 39.3 Å². The highest BCUT2D eigenvalue weighted by Gasteiger charge is 2.47. The van der Waals surface area contributed by atoms with Crippen LogP contribution in [-0.2, 0) is 0 Å². The monoisotopic (exact) mass is 296 g/mol. The van der Waals surface area contributed by atoms with E-state index >= 15 is 0 Å². The number of piperazine rings is 3. The first-order chi connectivity index (χ1) is 7.74. The van der Waals surface area contributed by atoms with E-state index < -0.39 is 0 Å². The Morgan fingerprint density at radius 3 is 1.11 bits per heavy atom. The molecule has 18 heavy (non-hydrogen) atoms. The second-order valence-electron chi connectivity index (χ2n) is 6.18. The summed E-state index contributed by atoms with van der Waals surface area (Å²) in [5.41, 5.74) is 0. The minimum atomic E-state index is 0. The van der Waals surface area contributed by atoms with Gasteiger partial charge in [-0.05, 0) is 12.8 Å². The van der Waals surface area contributed by atoms with Gasteiger partial charge in [0.25, 0.3) is 0 Å². The van der Waals surface area contributed by atoms with Crippen LogP contribution in [0, 0.1) is 0 Å². The van der Waals surface area contributed by atoms with Crippen molar-refractivity contribution in [1.29, 1.82) is 0 Å². The molecule has 2 nitrogen and oxygen atoms in total. The van der Waals surface area contributed by atoms with Crippen LogP contribution in [0.4, 0.5) is 0 Å². The normalized spacial score (nSPS) is 33.7. The van der Waals surface area contributed by atoms with Crippen molar-refractivity contribution in [2.24, 2.45) is 0 Å². The van der Waals surface area contributed by atoms with Gasteiger partial charge in [-0.15, -0.1) is 0 Å². The van der Waals surface area contributed by atoms with Crippen LogP contribution in [0.5, 0.6) is 0 Å². The second-order valence-corrected chi connectivity index (χ2v) is 6.18. The van der Waals surface area contributed by atoms with E-state index in [1.807, 2.05) is 0 Å². The molecule has 3 aliphatic heterocycles. The first-order valence-corrected chi connectivity index (χ1v) is 7.44. The maximum absolute atomic E-state index is 2.33. The van der Waals surface area contributed by atoms with Crippen molar-refractivity contribution in [3.05, 3.63) is 0 Å². The lowest BCUT2D eigenvalue weighted by atomic mass is 10.0. The Balaban J connectivity index is 0.00000144. The Morgan fingerprint density at radius 1 is 0.611 bits per heavy atom. The van der Waals surface area contributed by atoms with Crippen molar-refractivity contribution in [3.8, 4) is 0 Å². The van der Waals surface area contributed by atoms with Crippen molar-refractivity contribution in [2.45, 2.75) is 39.5 Å². The fraction of sp³-hybridized carbons (Fsp3) is 1.00. The molecule has 0 aromatic carbocycles. The molecule has 3 heterocycles. The maximum atomic E-state index is 2.33. The van der Waals surface area contributed by atoms with Gasteiger partial charge < -0.3 is 33.8 Å². The summed E-state index contributed by atoms with van der Waals surface area (Å²) in [6, 6.07) is 0. The van der Waals surface area contributed by atoms with Gasteiger partial charge in [0, 0.05) is 0 Å². The molecule has 0 radical (unpaired) electrons. The minimum Gasteiger partial charge on any atom is -1.00 e. The Hall–Kier alpha value is 0.500. The molecule has 110 valence electrons. The number of fused-ring (bicyclic) bond motifs is 3. The van der Waals surface area contributed by atoms with Gasteiger partial charge in [0.15, 0.2) is 0 Å². The lowest BCUT2D eigenvalue weighted by molar-refractivity contribution is -1.08. The predicted molar refractivity (Wildman–Crippen MR) is 69.3 cm³/mol. The Labute approximate surface area is 126 Å². The highest BCUT2D eigenvalue weighted by Crippen LogP contribution is 2.27. The van der Waals surface area contributed by atoms with E-state index in [0.717, 1.165) is 0 Å². The van der Waals surface area contributed by atoms with Gasteiger partial charge in [0.05, 0.1) is 13.1 Å². The van der Waals surface area contributed by atoms with Crippen LogP contribution in [-0.4, -0.2) is 61.3 Å². The summed E-state index contributed by atoms with van der Waals surface area (Å²) in [5, 5.41) is 0. The summed E-state index contributed by atoms with van der Waals surface area (Å²) >= 11 is 0. The lowest BCUT2D eigenvalue weighted by Crippen LogP contribution is -3.00. The summed E-state index contributed by atoms with van der Waals surface area (Å²) < 4.78 is 2.94. The van der Waals surface area contributed by atoms with Gasteiger partial charge >= 0.3 is 0 Å². The van der Waals surface area contributed by atoms with Gasteiger partial charge in [-0.3, -0.25) is 0 Å². The van der Waals surface area contributed by atoms with Gasteiger partial charge in [-0.25, -0.2) is 0 Å². The van der Waals surface area contributed by atoms with E-state index in [1.54, 1.807) is 0 Å². The first kappa shape index (κ1) is 18.5. The fourth-order valence-corrected chi connectivity index (χ4v) is 3.60.